The third kappa shape index (κ3) is 13.6. The predicted molar refractivity (Wildman–Crippen MR) is 294 cm³/mol. The highest BCUT2D eigenvalue weighted by Gasteiger charge is 2.48. The van der Waals surface area contributed by atoms with Gasteiger partial charge >= 0.3 is 0 Å². The molecule has 0 spiro atoms. The van der Waals surface area contributed by atoms with Gasteiger partial charge in [-0.15, -0.1) is 23.5 Å². The van der Waals surface area contributed by atoms with Crippen LogP contribution in [0.4, 0.5) is 0 Å². The van der Waals surface area contributed by atoms with Gasteiger partial charge in [0.05, 0.1) is 24.2 Å². The van der Waals surface area contributed by atoms with Crippen LogP contribution in [0.15, 0.2) is 82.6 Å². The van der Waals surface area contributed by atoms with Crippen molar-refractivity contribution in [3.8, 4) is 0 Å². The molecule has 0 bridgehead atoms. The van der Waals surface area contributed by atoms with Crippen LogP contribution in [0, 0.1) is 10.8 Å². The number of carbonyl (C=O) groups is 8. The number of benzene rings is 3. The fraction of sp³-hybridized carbons (Fsp3) is 0.536. The molecule has 10 unspecified atom stereocenters. The summed E-state index contributed by atoms with van der Waals surface area (Å²) in [5.41, 5.74) is 0.805. The maximum absolute atomic E-state index is 14.7. The zero-order valence-corrected chi connectivity index (χ0v) is 47.0. The van der Waals surface area contributed by atoms with E-state index in [0.29, 0.717) is 12.8 Å². The third-order valence-electron chi connectivity index (χ3n) is 14.8. The summed E-state index contributed by atoms with van der Waals surface area (Å²) in [5, 5.41) is 24.1. The normalized spacial score (nSPS) is 22.9. The third-order valence-corrected chi connectivity index (χ3v) is 17.1. The summed E-state index contributed by atoms with van der Waals surface area (Å²) in [6.45, 7) is 14.4. The Bertz CT molecular complexity index is 2500. The van der Waals surface area contributed by atoms with Gasteiger partial charge in [0.2, 0.25) is 35.4 Å². The first-order chi connectivity index (χ1) is 36.0. The quantitative estimate of drug-likeness (QED) is 0.101. The van der Waals surface area contributed by atoms with E-state index < -0.39 is 82.8 Å². The van der Waals surface area contributed by atoms with Crippen molar-refractivity contribution in [2.45, 2.75) is 151 Å². The zero-order valence-electron chi connectivity index (χ0n) is 45.3. The molecule has 0 aromatic heterocycles. The van der Waals surface area contributed by atoms with Gasteiger partial charge in [-0.05, 0) is 106 Å². The number of nitrogens with one attached hydrogen (secondary N) is 8. The van der Waals surface area contributed by atoms with Gasteiger partial charge in [-0.25, -0.2) is 0 Å². The number of nitrogens with zero attached hydrogens (tertiary/aromatic N) is 2. The predicted octanol–water partition coefficient (Wildman–Crippen LogP) is 4.07. The molecule has 7 rings (SSSR count). The molecule has 0 radical (unpaired) electrons. The molecule has 410 valence electrons. The summed E-state index contributed by atoms with van der Waals surface area (Å²) in [6.07, 6.45) is 1.57. The van der Waals surface area contributed by atoms with Crippen LogP contribution in [0.25, 0.3) is 0 Å². The largest absolute Gasteiger partial charge is 0.347 e. The van der Waals surface area contributed by atoms with Gasteiger partial charge in [0.25, 0.3) is 11.8 Å². The molecular formula is C56H76N10O8S2. The number of amides is 8. The molecule has 0 saturated carbocycles. The van der Waals surface area contributed by atoms with Crippen molar-refractivity contribution >= 4 is 70.8 Å². The average Bonchev–Trinajstić information content (AvgIpc) is 4.03. The fourth-order valence-electron chi connectivity index (χ4n) is 10.1. The lowest BCUT2D eigenvalue weighted by Crippen LogP contribution is -2.59. The van der Waals surface area contributed by atoms with Gasteiger partial charge in [-0.3, -0.25) is 38.4 Å². The van der Waals surface area contributed by atoms with E-state index in [4.69, 9.17) is 0 Å². The van der Waals surface area contributed by atoms with Crippen LogP contribution in [0.1, 0.15) is 125 Å². The maximum Gasteiger partial charge on any atom is 0.251 e. The molecule has 8 N–H and O–H groups in total. The number of hydrogen-bond acceptors (Lipinski definition) is 12. The van der Waals surface area contributed by atoms with E-state index in [-0.39, 0.29) is 72.8 Å². The highest BCUT2D eigenvalue weighted by molar-refractivity contribution is 7.99. The first-order valence-electron chi connectivity index (χ1n) is 26.3. The number of rotatable bonds is 16. The Morgan fingerprint density at radius 1 is 0.539 bits per heavy atom. The Kier molecular flexibility index (Phi) is 18.7. The SMILES string of the molecule is CNC(C)C(=O)NC(C(=O)N1CC(NC(=O)c2cccc(C(=O)NC3CC(C(=O)NC4CCSc5ccccc54)N(C(=O)C(NC(=O)C(C)NC)C(C)(C)C)C3)c2)CC1C(=O)NC1CCSc2ccccc21)C(C)(C)C. The summed E-state index contributed by atoms with van der Waals surface area (Å²) >= 11 is 3.45. The molecular weight excluding hydrogens is 1000 g/mol. The molecule has 76 heavy (non-hydrogen) atoms. The number of fused-ring (bicyclic) bond motifs is 2. The standard InChI is InChI=1S/C56H76N10O8S2/c1-31(57-9)47(67)63-45(55(3,4)5)53(73)65-29-35(27-41(65)51(71)61-39-22-24-75-43-20-13-11-18-37(39)43)59-49(69)33-16-15-17-34(26-33)50(70)60-36-28-42(52(72)62-40-23-25-76-44-21-14-12-19-38(40)44)66(30-36)54(74)46(56(6,7)8)64-48(68)32(2)58-10/h11-21,26,31-32,35-36,39-42,45-46,57-58H,22-25,27-30H2,1-10H3,(H,59,69)(H,60,70)(H,61,71)(H,62,72)(H,63,67)(H,64,68). The average molecular weight is 1080 g/mol. The summed E-state index contributed by atoms with van der Waals surface area (Å²) < 4.78 is 0. The van der Waals surface area contributed by atoms with Crippen molar-refractivity contribution in [3.63, 3.8) is 0 Å². The van der Waals surface area contributed by atoms with E-state index >= 15 is 0 Å². The monoisotopic (exact) mass is 1080 g/mol. The van der Waals surface area contributed by atoms with Crippen LogP contribution in [-0.2, 0) is 28.8 Å². The van der Waals surface area contributed by atoms with Gasteiger partial charge in [0.15, 0.2) is 0 Å². The topological polar surface area (TPSA) is 239 Å². The molecule has 4 heterocycles. The highest BCUT2D eigenvalue weighted by Crippen LogP contribution is 2.38. The molecule has 10 atom stereocenters. The Morgan fingerprint density at radius 2 is 0.921 bits per heavy atom. The molecule has 2 fully saturated rings. The molecule has 3 aromatic carbocycles. The Morgan fingerprint density at radius 3 is 1.29 bits per heavy atom. The number of thioether (sulfide) groups is 2. The highest BCUT2D eigenvalue weighted by atomic mass is 32.2. The van der Waals surface area contributed by atoms with E-state index in [9.17, 15) is 38.4 Å². The minimum atomic E-state index is -1.00. The van der Waals surface area contributed by atoms with Gasteiger partial charge in [-0.1, -0.05) is 84.0 Å². The lowest BCUT2D eigenvalue weighted by Gasteiger charge is -2.36. The fourth-order valence-corrected chi connectivity index (χ4v) is 12.4. The van der Waals surface area contributed by atoms with Crippen molar-refractivity contribution in [1.29, 1.82) is 0 Å². The number of carbonyl (C=O) groups excluding carboxylic acids is 8. The molecule has 0 aliphatic carbocycles. The zero-order chi connectivity index (χ0) is 55.2. The summed E-state index contributed by atoms with van der Waals surface area (Å²) in [4.78, 5) is 118. The summed E-state index contributed by atoms with van der Waals surface area (Å²) in [5.74, 6) is -1.86. The van der Waals surface area contributed by atoms with E-state index in [1.807, 2.05) is 90.1 Å². The molecule has 8 amide bonds. The number of hydrogen-bond donors (Lipinski definition) is 8. The van der Waals surface area contributed by atoms with Crippen LogP contribution in [0.3, 0.4) is 0 Å². The van der Waals surface area contributed by atoms with Gasteiger partial charge in [0, 0.05) is 57.6 Å². The van der Waals surface area contributed by atoms with Crippen molar-refractivity contribution in [3.05, 3.63) is 95.1 Å². The van der Waals surface area contributed by atoms with E-state index in [2.05, 4.69) is 42.5 Å². The molecule has 4 aliphatic rings. The summed E-state index contributed by atoms with van der Waals surface area (Å²) in [6, 6.07) is 14.9. The van der Waals surface area contributed by atoms with Crippen molar-refractivity contribution in [1.82, 2.24) is 52.3 Å². The van der Waals surface area contributed by atoms with Crippen LogP contribution in [0.2, 0.25) is 0 Å². The Hall–Kier alpha value is -5.96. The minimum absolute atomic E-state index is 0.0177. The van der Waals surface area contributed by atoms with Crippen LogP contribution in [-0.4, -0.2) is 144 Å². The first-order valence-corrected chi connectivity index (χ1v) is 28.3. The smallest absolute Gasteiger partial charge is 0.251 e. The van der Waals surface area contributed by atoms with E-state index in [1.165, 1.54) is 15.9 Å². The van der Waals surface area contributed by atoms with E-state index in [0.717, 1.165) is 32.4 Å². The summed E-state index contributed by atoms with van der Waals surface area (Å²) in [7, 11) is 3.30. The Labute approximate surface area is 455 Å². The van der Waals surface area contributed by atoms with E-state index in [1.54, 1.807) is 69.7 Å². The number of likely N-dealkylation sites (tertiary alicyclic amines) is 2. The van der Waals surface area contributed by atoms with Crippen LogP contribution >= 0.6 is 23.5 Å². The lowest BCUT2D eigenvalue weighted by molar-refractivity contribution is -0.144. The first kappa shape index (κ1) is 57.7. The van der Waals surface area contributed by atoms with Gasteiger partial charge < -0.3 is 52.3 Å². The number of likely N-dealkylation sites (N-methyl/N-ethyl adjacent to an activating group) is 2. The van der Waals surface area contributed by atoms with Crippen LogP contribution in [0.5, 0.6) is 0 Å². The van der Waals surface area contributed by atoms with Crippen LogP contribution < -0.4 is 42.5 Å². The minimum Gasteiger partial charge on any atom is -0.347 e. The lowest BCUT2D eigenvalue weighted by atomic mass is 9.85. The second-order valence-electron chi connectivity index (χ2n) is 22.5. The van der Waals surface area contributed by atoms with Gasteiger partial charge in [0.1, 0.15) is 24.2 Å². The molecule has 2 saturated heterocycles. The second-order valence-corrected chi connectivity index (χ2v) is 24.8. The second kappa shape index (κ2) is 24.6. The van der Waals surface area contributed by atoms with Crippen molar-refractivity contribution < 1.29 is 38.4 Å². The van der Waals surface area contributed by atoms with Crippen molar-refractivity contribution in [2.24, 2.45) is 10.8 Å². The molecule has 18 nitrogen and oxygen atoms in total. The molecule has 20 heteroatoms. The molecule has 4 aliphatic heterocycles. The van der Waals surface area contributed by atoms with Gasteiger partial charge in [-0.2, -0.15) is 0 Å². The van der Waals surface area contributed by atoms with Crippen molar-refractivity contribution in [2.75, 3.05) is 38.7 Å². The Balaban J connectivity index is 1.09. The molecule has 3 aromatic rings. The maximum atomic E-state index is 14.7.